The van der Waals surface area contributed by atoms with E-state index in [2.05, 4.69) is 9.13 Å². The molecule has 0 aliphatic heterocycles. The molecule has 0 heterocycles. The highest BCUT2D eigenvalue weighted by molar-refractivity contribution is 7.90. The number of sulfonamides is 1. The number of nitrogens with zero attached hydrogens (tertiary/aromatic N) is 1. The summed E-state index contributed by atoms with van der Waals surface area (Å²) in [7, 11) is -3.88. The lowest BCUT2D eigenvalue weighted by Crippen LogP contribution is -2.15. The molecule has 0 aliphatic carbocycles. The first-order valence-electron chi connectivity index (χ1n) is 5.70. The van der Waals surface area contributed by atoms with Gasteiger partial charge in [0.1, 0.15) is 0 Å². The molecule has 0 fully saturated rings. The first kappa shape index (κ1) is 16.5. The van der Waals surface area contributed by atoms with Crippen LogP contribution in [0.2, 0.25) is 5.02 Å². The Morgan fingerprint density at radius 3 is 2.40 bits per heavy atom. The highest BCUT2D eigenvalue weighted by Gasteiger charge is 2.14. The predicted octanol–water partition coefficient (Wildman–Crippen LogP) is 2.03. The molecule has 8 heteroatoms. The van der Waals surface area contributed by atoms with Crippen molar-refractivity contribution in [2.45, 2.75) is 18.7 Å². The molecule has 0 saturated carbocycles. The third kappa shape index (κ3) is 5.18. The highest BCUT2D eigenvalue weighted by Crippen LogP contribution is 2.16. The molecule has 0 bridgehead atoms. The molecule has 0 N–H and O–H groups in total. The Labute approximate surface area is 122 Å². The largest absolute Gasteiger partial charge is 0.468 e. The molecule has 6 nitrogen and oxygen atoms in total. The smallest absolute Gasteiger partial charge is 0.344 e. The van der Waals surface area contributed by atoms with E-state index in [4.69, 9.17) is 16.3 Å². The number of carbonyl (C=O) groups excluding carboxylic acids is 1. The molecule has 0 amide bonds. The van der Waals surface area contributed by atoms with Gasteiger partial charge in [-0.05, 0) is 31.2 Å². The van der Waals surface area contributed by atoms with Crippen molar-refractivity contribution >= 4 is 33.5 Å². The lowest BCUT2D eigenvalue weighted by molar-refractivity contribution is -0.145. The zero-order valence-electron chi connectivity index (χ0n) is 11.0. The monoisotopic (exact) mass is 319 g/mol. The second-order valence-corrected chi connectivity index (χ2v) is 5.67. The van der Waals surface area contributed by atoms with Gasteiger partial charge in [-0.2, -0.15) is 8.42 Å². The van der Waals surface area contributed by atoms with E-state index in [1.807, 2.05) is 0 Å². The lowest BCUT2D eigenvalue weighted by atomic mass is 10.4. The molecule has 1 rings (SSSR count). The van der Waals surface area contributed by atoms with E-state index in [1.54, 1.807) is 6.92 Å². The Morgan fingerprint density at radius 1 is 1.25 bits per heavy atom. The minimum atomic E-state index is -3.88. The van der Waals surface area contributed by atoms with Gasteiger partial charge in [0.05, 0.1) is 11.5 Å². The third-order valence-electron chi connectivity index (χ3n) is 2.06. The molecular formula is C12H14ClNO5S. The fourth-order valence-electron chi connectivity index (χ4n) is 1.22. The van der Waals surface area contributed by atoms with Crippen molar-refractivity contribution in [2.75, 3.05) is 13.2 Å². The summed E-state index contributed by atoms with van der Waals surface area (Å²) in [6.45, 7) is 2.83. The number of ether oxygens (including phenoxy) is 2. The fourth-order valence-corrected chi connectivity index (χ4v) is 2.32. The van der Waals surface area contributed by atoms with Crippen LogP contribution in [0, 0.1) is 0 Å². The number of carbonyl (C=O) groups is 1. The van der Waals surface area contributed by atoms with E-state index in [9.17, 15) is 13.2 Å². The SMILES string of the molecule is CCOC(=O)COC(C)=NS(=O)(=O)c1ccc(Cl)cc1. The number of hydrogen-bond acceptors (Lipinski definition) is 5. The highest BCUT2D eigenvalue weighted by atomic mass is 35.5. The summed E-state index contributed by atoms with van der Waals surface area (Å²) >= 11 is 5.68. The molecule has 0 aliphatic rings. The minimum Gasteiger partial charge on any atom is -0.468 e. The number of benzene rings is 1. The zero-order valence-corrected chi connectivity index (χ0v) is 12.6. The van der Waals surface area contributed by atoms with Crippen molar-refractivity contribution in [2.24, 2.45) is 4.40 Å². The van der Waals surface area contributed by atoms with Gasteiger partial charge in [0.25, 0.3) is 10.0 Å². The normalized spacial score (nSPS) is 12.1. The molecule has 0 spiro atoms. The third-order valence-corrected chi connectivity index (χ3v) is 3.68. The molecule has 0 aromatic heterocycles. The van der Waals surface area contributed by atoms with Gasteiger partial charge in [-0.1, -0.05) is 11.6 Å². The van der Waals surface area contributed by atoms with Crippen molar-refractivity contribution in [3.05, 3.63) is 29.3 Å². The van der Waals surface area contributed by atoms with Crippen molar-refractivity contribution in [3.8, 4) is 0 Å². The average Bonchev–Trinajstić information content (AvgIpc) is 2.37. The van der Waals surface area contributed by atoms with Gasteiger partial charge in [0.15, 0.2) is 12.5 Å². The summed E-state index contributed by atoms with van der Waals surface area (Å²) in [6, 6.07) is 5.55. The van der Waals surface area contributed by atoms with Crippen molar-refractivity contribution in [3.63, 3.8) is 0 Å². The van der Waals surface area contributed by atoms with Gasteiger partial charge in [-0.3, -0.25) is 0 Å². The molecule has 110 valence electrons. The number of halogens is 1. The van der Waals surface area contributed by atoms with E-state index >= 15 is 0 Å². The van der Waals surface area contributed by atoms with Crippen molar-refractivity contribution < 1.29 is 22.7 Å². The second kappa shape index (κ2) is 7.25. The zero-order chi connectivity index (χ0) is 15.2. The van der Waals surface area contributed by atoms with Crippen molar-refractivity contribution in [1.29, 1.82) is 0 Å². The molecular weight excluding hydrogens is 306 g/mol. The van der Waals surface area contributed by atoms with E-state index < -0.39 is 16.0 Å². The van der Waals surface area contributed by atoms with Crippen LogP contribution in [-0.2, 0) is 24.3 Å². The Hall–Kier alpha value is -1.60. The summed E-state index contributed by atoms with van der Waals surface area (Å²) in [5, 5.41) is 0.420. The Kier molecular flexibility index (Phi) is 5.97. The Balaban J connectivity index is 2.75. The topological polar surface area (TPSA) is 82.0 Å². The van der Waals surface area contributed by atoms with Crippen LogP contribution < -0.4 is 0 Å². The van der Waals surface area contributed by atoms with E-state index in [-0.39, 0.29) is 24.0 Å². The predicted molar refractivity (Wildman–Crippen MR) is 74.3 cm³/mol. The number of esters is 1. The number of rotatable bonds is 5. The summed E-state index contributed by atoms with van der Waals surface area (Å²) < 4.78 is 36.8. The minimum absolute atomic E-state index is 0.0130. The summed E-state index contributed by atoms with van der Waals surface area (Å²) in [5.41, 5.74) is 0. The van der Waals surface area contributed by atoms with Crippen LogP contribution >= 0.6 is 11.6 Å². The Bertz CT molecular complexity index is 595. The van der Waals surface area contributed by atoms with Gasteiger partial charge in [0, 0.05) is 11.9 Å². The average molecular weight is 320 g/mol. The molecule has 1 aromatic carbocycles. The van der Waals surface area contributed by atoms with Crippen LogP contribution in [0.1, 0.15) is 13.8 Å². The molecule has 0 saturated heterocycles. The maximum absolute atomic E-state index is 11.9. The van der Waals surface area contributed by atoms with Crippen LogP contribution in [0.15, 0.2) is 33.6 Å². The van der Waals surface area contributed by atoms with Gasteiger partial charge in [-0.15, -0.1) is 4.40 Å². The fraction of sp³-hybridized carbons (Fsp3) is 0.333. The number of hydrogen-bond donors (Lipinski definition) is 0. The summed E-state index contributed by atoms with van der Waals surface area (Å²) in [5.74, 6) is -0.737. The van der Waals surface area contributed by atoms with E-state index in [1.165, 1.54) is 31.2 Å². The molecule has 1 aromatic rings. The standard InChI is InChI=1S/C12H14ClNO5S/c1-3-18-12(15)8-19-9(2)14-20(16,17)11-6-4-10(13)5-7-11/h4-7H,3,8H2,1-2H3. The van der Waals surface area contributed by atoms with Crippen molar-refractivity contribution in [1.82, 2.24) is 0 Å². The molecule has 0 atom stereocenters. The van der Waals surface area contributed by atoms with Crippen LogP contribution in [0.3, 0.4) is 0 Å². The van der Waals surface area contributed by atoms with E-state index in [0.29, 0.717) is 5.02 Å². The van der Waals surface area contributed by atoms with Crippen LogP contribution in [0.25, 0.3) is 0 Å². The molecule has 0 radical (unpaired) electrons. The maximum Gasteiger partial charge on any atom is 0.344 e. The summed E-state index contributed by atoms with van der Waals surface area (Å²) in [6.07, 6.45) is 0. The molecule has 20 heavy (non-hydrogen) atoms. The Morgan fingerprint density at radius 2 is 1.85 bits per heavy atom. The van der Waals surface area contributed by atoms with Gasteiger partial charge in [-0.25, -0.2) is 4.79 Å². The molecule has 0 unspecified atom stereocenters. The lowest BCUT2D eigenvalue weighted by Gasteiger charge is -2.05. The van der Waals surface area contributed by atoms with Gasteiger partial charge < -0.3 is 9.47 Å². The van der Waals surface area contributed by atoms with Crippen LogP contribution in [0.5, 0.6) is 0 Å². The first-order valence-corrected chi connectivity index (χ1v) is 7.52. The van der Waals surface area contributed by atoms with Crippen LogP contribution in [-0.4, -0.2) is 33.5 Å². The summed E-state index contributed by atoms with van der Waals surface area (Å²) in [4.78, 5) is 11.0. The second-order valence-electron chi connectivity index (χ2n) is 3.63. The quantitative estimate of drug-likeness (QED) is 0.471. The van der Waals surface area contributed by atoms with Gasteiger partial charge >= 0.3 is 5.97 Å². The first-order chi connectivity index (χ1) is 9.35. The van der Waals surface area contributed by atoms with Crippen LogP contribution in [0.4, 0.5) is 0 Å². The van der Waals surface area contributed by atoms with Gasteiger partial charge in [0.2, 0.25) is 0 Å². The maximum atomic E-state index is 11.9. The van der Waals surface area contributed by atoms with E-state index in [0.717, 1.165) is 0 Å².